The number of carbonyl (C=O) groups is 1. The number of halogens is 32. The van der Waals surface area contributed by atoms with Gasteiger partial charge in [0, 0.05) is 0 Å². The van der Waals surface area contributed by atoms with E-state index < -0.39 is 139 Å². The molecule has 0 saturated heterocycles. The van der Waals surface area contributed by atoms with Gasteiger partial charge in [-0.05, 0) is 11.6 Å². The summed E-state index contributed by atoms with van der Waals surface area (Å²) in [6.45, 7) is 0. The predicted molar refractivity (Wildman–Crippen MR) is 116 cm³/mol. The summed E-state index contributed by atoms with van der Waals surface area (Å²) in [4.78, 5) is 11.0. The molecule has 0 aromatic heterocycles. The SMILES string of the molecule is O=C(Cl)c1c(F)c(F)c(-c2c(F)c(F)c(C(F)(F)C(F)(F)C(F)(F)C(F)(F)C(F)(F)C(F)(F)C(F)(F)C(F)(F)C(F)(F)C(F)(F)C(F)(F)F)c(F)c2F)c(F)c1F. The molecule has 0 amide bonds. The topological polar surface area (TPSA) is 17.1 Å². The molecule has 0 bridgehead atoms. The minimum atomic E-state index is -9.89. The molecule has 0 atom stereocenters. The molecule has 0 aliphatic carbocycles. The largest absolute Gasteiger partial charge is 0.460 e. The fourth-order valence-corrected chi connectivity index (χ4v) is 4.23. The molecule has 2 aromatic carbocycles. The van der Waals surface area contributed by atoms with Crippen molar-refractivity contribution in [3.05, 3.63) is 57.7 Å². The number of rotatable bonds is 12. The number of benzene rings is 2. The molecule has 0 aliphatic heterocycles. The van der Waals surface area contributed by atoms with Gasteiger partial charge in [0.25, 0.3) is 5.24 Å². The summed E-state index contributed by atoms with van der Waals surface area (Å²) in [7, 11) is 0. The Balaban J connectivity index is 2.96. The zero-order chi connectivity index (χ0) is 46.0. The zero-order valence-corrected chi connectivity index (χ0v) is 25.3. The highest BCUT2D eigenvalue weighted by Crippen LogP contribution is 2.68. The molecule has 0 fully saturated rings. The van der Waals surface area contributed by atoms with E-state index in [9.17, 15) is 141 Å². The molecule has 2 rings (SSSR count). The van der Waals surface area contributed by atoms with Crippen molar-refractivity contribution in [3.8, 4) is 11.1 Å². The van der Waals surface area contributed by atoms with Crippen molar-refractivity contribution in [2.45, 2.75) is 65.4 Å². The van der Waals surface area contributed by atoms with Crippen LogP contribution in [-0.4, -0.2) is 64.7 Å². The first kappa shape index (κ1) is 49.4. The van der Waals surface area contributed by atoms with Gasteiger partial charge in [-0.1, -0.05) is 0 Å². The lowest BCUT2D eigenvalue weighted by molar-refractivity contribution is -0.479. The molecular formula is C24ClF31O. The van der Waals surface area contributed by atoms with E-state index in [-0.39, 0.29) is 0 Å². The van der Waals surface area contributed by atoms with E-state index >= 15 is 0 Å². The Kier molecular flexibility index (Phi) is 11.6. The molecular weight excluding hydrogens is 929 g/mol. The van der Waals surface area contributed by atoms with Crippen LogP contribution in [0.15, 0.2) is 0 Å². The van der Waals surface area contributed by atoms with E-state index in [2.05, 4.69) is 11.6 Å². The zero-order valence-electron chi connectivity index (χ0n) is 24.5. The van der Waals surface area contributed by atoms with Crippen LogP contribution in [0, 0.1) is 46.5 Å². The lowest BCUT2D eigenvalue weighted by Crippen LogP contribution is -2.77. The van der Waals surface area contributed by atoms with Gasteiger partial charge in [0.05, 0.1) is 11.1 Å². The van der Waals surface area contributed by atoms with Crippen molar-refractivity contribution in [2.24, 2.45) is 0 Å². The van der Waals surface area contributed by atoms with Crippen molar-refractivity contribution >= 4 is 16.8 Å². The Hall–Kier alpha value is -3.77. The highest BCUT2D eigenvalue weighted by Gasteiger charge is 2.99. The van der Waals surface area contributed by atoms with Crippen LogP contribution >= 0.6 is 11.6 Å². The molecule has 326 valence electrons. The second-order valence-corrected chi connectivity index (χ2v) is 10.9. The standard InChI is InChI=1S/C24ClF31O/c25-13(57)3-9(30)5(26)1(6(27)10(3)31)2-7(28)11(32)4(12(33)8(2)29)14(34,35)15(36,37)16(38,39)17(40,41)18(42,43)19(44,45)20(46,47)21(48,49)22(50,51)23(52,53)24(54,55)56. The minimum Gasteiger partial charge on any atom is -0.275 e. The summed E-state index contributed by atoms with van der Waals surface area (Å²) in [6, 6.07) is 0. The van der Waals surface area contributed by atoms with E-state index in [4.69, 9.17) is 0 Å². The second-order valence-electron chi connectivity index (χ2n) is 10.5. The van der Waals surface area contributed by atoms with Crippen LogP contribution in [0.1, 0.15) is 15.9 Å². The molecule has 0 spiro atoms. The molecule has 0 unspecified atom stereocenters. The van der Waals surface area contributed by atoms with Gasteiger partial charge < -0.3 is 0 Å². The van der Waals surface area contributed by atoms with Gasteiger partial charge in [-0.3, -0.25) is 4.79 Å². The van der Waals surface area contributed by atoms with Crippen LogP contribution in [0.5, 0.6) is 0 Å². The van der Waals surface area contributed by atoms with Crippen LogP contribution in [0.25, 0.3) is 11.1 Å². The minimum absolute atomic E-state index is 2.54. The first-order valence-corrected chi connectivity index (χ1v) is 12.9. The van der Waals surface area contributed by atoms with E-state index in [0.29, 0.717) is 0 Å². The maximum absolute atomic E-state index is 14.6. The number of hydrogen-bond donors (Lipinski definition) is 0. The van der Waals surface area contributed by atoms with Crippen LogP contribution in [0.4, 0.5) is 136 Å². The van der Waals surface area contributed by atoms with Crippen LogP contribution < -0.4 is 0 Å². The van der Waals surface area contributed by atoms with Gasteiger partial charge >= 0.3 is 65.4 Å². The maximum Gasteiger partial charge on any atom is 0.460 e. The molecule has 0 N–H and O–H groups in total. The number of hydrogen-bond acceptors (Lipinski definition) is 1. The monoisotopic (exact) mass is 928 g/mol. The molecule has 2 aromatic rings. The third-order valence-electron chi connectivity index (χ3n) is 7.19. The number of alkyl halides is 23. The van der Waals surface area contributed by atoms with Crippen molar-refractivity contribution in [2.75, 3.05) is 0 Å². The lowest BCUT2D eigenvalue weighted by Gasteiger charge is -2.45. The third kappa shape index (κ3) is 6.00. The average Bonchev–Trinajstić information content (AvgIpc) is 3.02. The summed E-state index contributed by atoms with van der Waals surface area (Å²) >= 11 is 4.55. The Morgan fingerprint density at radius 1 is 0.316 bits per heavy atom. The van der Waals surface area contributed by atoms with Crippen molar-refractivity contribution < 1.29 is 141 Å². The van der Waals surface area contributed by atoms with Gasteiger partial charge in [0.1, 0.15) is 11.1 Å². The number of carbonyl (C=O) groups excluding carboxylic acids is 1. The highest BCUT2D eigenvalue weighted by molar-refractivity contribution is 6.67. The first-order chi connectivity index (χ1) is 24.7. The summed E-state index contributed by atoms with van der Waals surface area (Å²) in [6.07, 6.45) is -8.32. The first-order valence-electron chi connectivity index (χ1n) is 12.5. The Labute approximate surface area is 292 Å². The van der Waals surface area contributed by atoms with Gasteiger partial charge in [0.2, 0.25) is 0 Å². The molecule has 57 heavy (non-hydrogen) atoms. The average molecular weight is 929 g/mol. The molecule has 0 aliphatic rings. The molecule has 0 radical (unpaired) electrons. The van der Waals surface area contributed by atoms with E-state index in [0.717, 1.165) is 0 Å². The van der Waals surface area contributed by atoms with Gasteiger partial charge in [0.15, 0.2) is 46.5 Å². The smallest absolute Gasteiger partial charge is 0.275 e. The van der Waals surface area contributed by atoms with Gasteiger partial charge in [-0.2, -0.15) is 101 Å². The van der Waals surface area contributed by atoms with Crippen LogP contribution in [0.3, 0.4) is 0 Å². The van der Waals surface area contributed by atoms with E-state index in [1.54, 1.807) is 0 Å². The highest BCUT2D eigenvalue weighted by atomic mass is 35.5. The van der Waals surface area contributed by atoms with Crippen molar-refractivity contribution in [1.29, 1.82) is 0 Å². The summed E-state index contributed by atoms with van der Waals surface area (Å²) < 4.78 is 429. The van der Waals surface area contributed by atoms with Gasteiger partial charge in [-0.15, -0.1) is 0 Å². The lowest BCUT2D eigenvalue weighted by atomic mass is 9.84. The summed E-state index contributed by atoms with van der Waals surface area (Å²) in [5, 5.41) is -2.54. The Morgan fingerprint density at radius 2 is 0.526 bits per heavy atom. The molecule has 0 saturated carbocycles. The maximum atomic E-state index is 14.6. The van der Waals surface area contributed by atoms with Crippen molar-refractivity contribution in [1.82, 2.24) is 0 Å². The Morgan fingerprint density at radius 3 is 0.754 bits per heavy atom. The molecule has 33 heteroatoms. The molecule has 0 heterocycles. The second kappa shape index (κ2) is 13.4. The summed E-state index contributed by atoms with van der Waals surface area (Å²) in [5.41, 5.74) is -14.2. The quantitative estimate of drug-likeness (QED) is 0.118. The predicted octanol–water partition coefficient (Wildman–Crippen LogP) is 12.2. The Bertz CT molecular complexity index is 1900. The normalized spacial score (nSPS) is 15.1. The fraction of sp³-hybridized carbons (Fsp3) is 0.458. The molecule has 1 nitrogen and oxygen atoms in total. The van der Waals surface area contributed by atoms with Crippen LogP contribution in [0.2, 0.25) is 0 Å². The van der Waals surface area contributed by atoms with Gasteiger partial charge in [-0.25, -0.2) is 35.1 Å². The van der Waals surface area contributed by atoms with Crippen LogP contribution in [-0.2, 0) is 5.92 Å². The third-order valence-corrected chi connectivity index (χ3v) is 7.38. The van der Waals surface area contributed by atoms with E-state index in [1.165, 1.54) is 0 Å². The van der Waals surface area contributed by atoms with Crippen molar-refractivity contribution in [3.63, 3.8) is 0 Å². The fourth-order valence-electron chi connectivity index (χ4n) is 4.06. The summed E-state index contributed by atoms with van der Waals surface area (Å²) in [5.74, 6) is -125. The van der Waals surface area contributed by atoms with E-state index in [1.807, 2.05) is 0 Å².